The summed E-state index contributed by atoms with van der Waals surface area (Å²) in [6.07, 6.45) is -1.26. The highest BCUT2D eigenvalue weighted by atomic mass is 16.7. The second-order valence-electron chi connectivity index (χ2n) is 10.7. The SMILES string of the molecule is COc1cc2c(c(OC)c1OC)-c1c(cc3c(c1OC)OCO3)C[C@H](C)[C@](C)(O)[C@H]2OC(=O)c1cc([N+](=O)[O-])cc([N+](=O)[O-])c1. The largest absolute Gasteiger partial charge is 0.493 e. The molecular weight excluding hydrogens is 596 g/mol. The van der Waals surface area contributed by atoms with E-state index in [4.69, 9.17) is 33.2 Å². The number of carbonyl (C=O) groups is 1. The number of nitrogens with zero attached hydrogens (tertiary/aromatic N) is 2. The number of nitro benzene ring substituents is 2. The van der Waals surface area contributed by atoms with Gasteiger partial charge < -0.3 is 38.3 Å². The summed E-state index contributed by atoms with van der Waals surface area (Å²) in [7, 11) is 5.66. The quantitative estimate of drug-likeness (QED) is 0.205. The first-order valence-electron chi connectivity index (χ1n) is 13.6. The molecular formula is C30H30N2O13. The molecule has 0 bridgehead atoms. The summed E-state index contributed by atoms with van der Waals surface area (Å²) in [5.74, 6) is -0.181. The van der Waals surface area contributed by atoms with Gasteiger partial charge >= 0.3 is 5.97 Å². The molecule has 0 radical (unpaired) electrons. The number of non-ortho nitro benzene ring substituents is 2. The van der Waals surface area contributed by atoms with Gasteiger partial charge in [0.2, 0.25) is 18.3 Å². The summed E-state index contributed by atoms with van der Waals surface area (Å²) in [6.45, 7) is 3.18. The van der Waals surface area contributed by atoms with Crippen molar-refractivity contribution in [3.63, 3.8) is 0 Å². The minimum atomic E-state index is -1.80. The fourth-order valence-corrected chi connectivity index (χ4v) is 5.72. The highest BCUT2D eigenvalue weighted by Crippen LogP contribution is 2.59. The third-order valence-electron chi connectivity index (χ3n) is 8.14. The molecule has 5 rings (SSSR count). The molecule has 0 saturated heterocycles. The van der Waals surface area contributed by atoms with Crippen LogP contribution in [0.1, 0.15) is 41.4 Å². The van der Waals surface area contributed by atoms with Crippen molar-refractivity contribution in [1.29, 1.82) is 0 Å². The Morgan fingerprint density at radius 1 is 0.889 bits per heavy atom. The number of nitro groups is 2. The predicted octanol–water partition coefficient (Wildman–Crippen LogP) is 4.77. The van der Waals surface area contributed by atoms with Gasteiger partial charge in [0, 0.05) is 28.8 Å². The van der Waals surface area contributed by atoms with Crippen LogP contribution in [0, 0.1) is 26.1 Å². The van der Waals surface area contributed by atoms with Gasteiger partial charge in [-0.1, -0.05) is 6.92 Å². The maximum absolute atomic E-state index is 13.7. The highest BCUT2D eigenvalue weighted by Gasteiger charge is 2.47. The number of benzene rings is 3. The van der Waals surface area contributed by atoms with Crippen LogP contribution in [0.3, 0.4) is 0 Å². The average Bonchev–Trinajstić information content (AvgIpc) is 3.49. The summed E-state index contributed by atoms with van der Waals surface area (Å²) in [5, 5.41) is 35.2. The fourth-order valence-electron chi connectivity index (χ4n) is 5.72. The lowest BCUT2D eigenvalue weighted by atomic mass is 9.73. The molecule has 1 N–H and O–H groups in total. The van der Waals surface area contributed by atoms with E-state index in [0.717, 1.165) is 18.2 Å². The Hall–Kier alpha value is -5.31. The van der Waals surface area contributed by atoms with Crippen LogP contribution in [0.25, 0.3) is 11.1 Å². The number of methoxy groups -OCH3 is 4. The van der Waals surface area contributed by atoms with Gasteiger partial charge in [0.15, 0.2) is 29.1 Å². The van der Waals surface area contributed by atoms with Crippen molar-refractivity contribution in [1.82, 2.24) is 0 Å². The third-order valence-corrected chi connectivity index (χ3v) is 8.14. The molecule has 3 aromatic rings. The molecule has 0 spiro atoms. The topological polar surface area (TPSA) is 188 Å². The Bertz CT molecular complexity index is 1690. The van der Waals surface area contributed by atoms with E-state index in [1.54, 1.807) is 13.0 Å². The van der Waals surface area contributed by atoms with Gasteiger partial charge in [-0.3, -0.25) is 20.2 Å². The standard InChI is InChI=1S/C30H30N2O13/c1-14-7-15-10-21-25(44-13-43-21)26(41-5)22(15)23-19(12-20(39-3)24(40-4)27(23)42-6)28(30(14,2)34)45-29(33)16-8-17(31(35)36)11-18(9-16)32(37)38/h8-12,14,28,34H,7,13H2,1-6H3/t14-,28-,30-/m0/s1. The molecule has 238 valence electrons. The zero-order valence-electron chi connectivity index (χ0n) is 25.2. The molecule has 0 aromatic heterocycles. The minimum absolute atomic E-state index is 0.0482. The maximum Gasteiger partial charge on any atom is 0.339 e. The molecule has 1 aliphatic heterocycles. The molecule has 0 amide bonds. The van der Waals surface area contributed by atoms with E-state index in [0.29, 0.717) is 33.9 Å². The summed E-state index contributed by atoms with van der Waals surface area (Å²) in [6, 6.07) is 5.76. The van der Waals surface area contributed by atoms with E-state index in [1.165, 1.54) is 41.4 Å². The van der Waals surface area contributed by atoms with Crippen LogP contribution in [-0.2, 0) is 11.2 Å². The molecule has 3 atom stereocenters. The number of hydrogen-bond acceptors (Lipinski definition) is 13. The van der Waals surface area contributed by atoms with Gasteiger partial charge in [0.1, 0.15) is 5.60 Å². The normalized spacial score (nSPS) is 19.7. The first kappa shape index (κ1) is 31.1. The Kier molecular flexibility index (Phi) is 8.06. The Labute approximate surface area is 256 Å². The molecule has 0 fully saturated rings. The second kappa shape index (κ2) is 11.6. The van der Waals surface area contributed by atoms with Gasteiger partial charge in [-0.25, -0.2) is 4.79 Å². The van der Waals surface area contributed by atoms with Gasteiger partial charge in [-0.2, -0.15) is 0 Å². The molecule has 1 aliphatic carbocycles. The van der Waals surface area contributed by atoms with E-state index < -0.39 is 50.4 Å². The van der Waals surface area contributed by atoms with Crippen molar-refractivity contribution in [3.05, 3.63) is 67.3 Å². The average molecular weight is 627 g/mol. The highest BCUT2D eigenvalue weighted by molar-refractivity contribution is 5.92. The molecule has 2 aliphatic rings. The lowest BCUT2D eigenvalue weighted by molar-refractivity contribution is -0.394. The van der Waals surface area contributed by atoms with Crippen LogP contribution in [-0.4, -0.2) is 61.8 Å². The van der Waals surface area contributed by atoms with Gasteiger partial charge in [0.05, 0.1) is 49.9 Å². The Morgan fingerprint density at radius 2 is 1.51 bits per heavy atom. The first-order chi connectivity index (χ1) is 21.4. The third kappa shape index (κ3) is 5.14. The number of hydrogen-bond donors (Lipinski definition) is 1. The predicted molar refractivity (Wildman–Crippen MR) is 156 cm³/mol. The van der Waals surface area contributed by atoms with E-state index in [-0.39, 0.29) is 36.0 Å². The van der Waals surface area contributed by atoms with E-state index in [2.05, 4.69) is 0 Å². The van der Waals surface area contributed by atoms with Gasteiger partial charge in [0.25, 0.3) is 11.4 Å². The summed E-state index contributed by atoms with van der Waals surface area (Å²) in [4.78, 5) is 35.0. The van der Waals surface area contributed by atoms with Crippen LogP contribution < -0.4 is 28.4 Å². The van der Waals surface area contributed by atoms with E-state index in [9.17, 15) is 30.1 Å². The fraction of sp³-hybridized carbons (Fsp3) is 0.367. The van der Waals surface area contributed by atoms with Crippen molar-refractivity contribution in [2.24, 2.45) is 5.92 Å². The molecule has 15 heteroatoms. The van der Waals surface area contributed by atoms with Crippen molar-refractivity contribution in [3.8, 4) is 45.6 Å². The van der Waals surface area contributed by atoms with Gasteiger partial charge in [-0.05, 0) is 37.0 Å². The summed E-state index contributed by atoms with van der Waals surface area (Å²) in [5.41, 5.74) is -1.93. The molecule has 0 unspecified atom stereocenters. The molecule has 1 heterocycles. The Morgan fingerprint density at radius 3 is 2.07 bits per heavy atom. The smallest absolute Gasteiger partial charge is 0.339 e. The number of ether oxygens (including phenoxy) is 7. The number of rotatable bonds is 8. The number of aliphatic hydroxyl groups is 1. The number of fused-ring (bicyclic) bond motifs is 4. The van der Waals surface area contributed by atoms with Crippen molar-refractivity contribution >= 4 is 17.3 Å². The first-order valence-corrected chi connectivity index (χ1v) is 13.6. The lowest BCUT2D eigenvalue weighted by Gasteiger charge is -2.41. The van der Waals surface area contributed by atoms with Crippen molar-refractivity contribution in [2.45, 2.75) is 32.0 Å². The van der Waals surface area contributed by atoms with Gasteiger partial charge in [-0.15, -0.1) is 0 Å². The van der Waals surface area contributed by atoms with E-state index >= 15 is 0 Å². The second-order valence-corrected chi connectivity index (χ2v) is 10.7. The maximum atomic E-state index is 13.7. The lowest BCUT2D eigenvalue weighted by Crippen LogP contribution is -2.43. The molecule has 0 saturated carbocycles. The van der Waals surface area contributed by atoms with Crippen molar-refractivity contribution in [2.75, 3.05) is 35.2 Å². The minimum Gasteiger partial charge on any atom is -0.493 e. The number of carbonyl (C=O) groups excluding carboxylic acids is 1. The molecule has 45 heavy (non-hydrogen) atoms. The summed E-state index contributed by atoms with van der Waals surface area (Å²) < 4.78 is 40.3. The van der Waals surface area contributed by atoms with Crippen LogP contribution in [0.4, 0.5) is 11.4 Å². The monoisotopic (exact) mass is 626 g/mol. The zero-order valence-corrected chi connectivity index (χ0v) is 25.2. The zero-order chi connectivity index (χ0) is 32.8. The van der Waals surface area contributed by atoms with Crippen LogP contribution in [0.5, 0.6) is 34.5 Å². The molecule has 3 aromatic carbocycles. The molecule has 15 nitrogen and oxygen atoms in total. The van der Waals surface area contributed by atoms with Crippen molar-refractivity contribution < 1.29 is 52.9 Å². The van der Waals surface area contributed by atoms with Crippen LogP contribution in [0.15, 0.2) is 30.3 Å². The van der Waals surface area contributed by atoms with Crippen LogP contribution in [0.2, 0.25) is 0 Å². The Balaban J connectivity index is 1.82. The van der Waals surface area contributed by atoms with Crippen LogP contribution >= 0.6 is 0 Å². The summed E-state index contributed by atoms with van der Waals surface area (Å²) >= 11 is 0. The van der Waals surface area contributed by atoms with E-state index in [1.807, 2.05) is 0 Å². The number of esters is 1.